The van der Waals surface area contributed by atoms with Crippen LogP contribution >= 0.6 is 0 Å². The number of para-hydroxylation sites is 4. The molecule has 0 spiro atoms. The van der Waals surface area contributed by atoms with Crippen molar-refractivity contribution in [2.24, 2.45) is 7.05 Å². The molecule has 2 amide bonds. The molecular weight excluding hydrogens is 360 g/mol. The lowest BCUT2D eigenvalue weighted by atomic mass is 10.3. The Kier molecular flexibility index (Phi) is 6.11. The molecule has 1 heterocycles. The summed E-state index contributed by atoms with van der Waals surface area (Å²) in [5, 5.41) is 0. The van der Waals surface area contributed by atoms with Gasteiger partial charge in [-0.25, -0.2) is 4.98 Å². The zero-order chi connectivity index (χ0) is 19.9. The maximum absolute atomic E-state index is 12.1. The minimum absolute atomic E-state index is 0.0587. The summed E-state index contributed by atoms with van der Waals surface area (Å²) in [6, 6.07) is 14.8. The smallest absolute Gasteiger partial charge is 0.245 e. The number of aromatic nitrogens is 2. The van der Waals surface area contributed by atoms with E-state index in [1.807, 2.05) is 48.0 Å². The number of amides is 2. The lowest BCUT2D eigenvalue weighted by Gasteiger charge is -2.11. The number of imidazole rings is 1. The van der Waals surface area contributed by atoms with Gasteiger partial charge in [0.25, 0.3) is 0 Å². The van der Waals surface area contributed by atoms with E-state index < -0.39 is 0 Å². The molecule has 0 bridgehead atoms. The number of nitrogens with one attached hydrogen (secondary N) is 2. The Bertz CT molecular complexity index is 983. The van der Waals surface area contributed by atoms with Crippen molar-refractivity contribution < 1.29 is 19.1 Å². The summed E-state index contributed by atoms with van der Waals surface area (Å²) >= 11 is 0. The van der Waals surface area contributed by atoms with Crippen molar-refractivity contribution in [3.63, 3.8) is 0 Å². The Balaban J connectivity index is 1.44. The highest BCUT2D eigenvalue weighted by Gasteiger charge is 2.12. The molecule has 2 aromatic carbocycles. The van der Waals surface area contributed by atoms with Gasteiger partial charge in [-0.2, -0.15) is 0 Å². The van der Waals surface area contributed by atoms with Crippen molar-refractivity contribution in [2.45, 2.75) is 12.8 Å². The Morgan fingerprint density at radius 2 is 1.68 bits per heavy atom. The van der Waals surface area contributed by atoms with Crippen LogP contribution in [-0.4, -0.2) is 35.1 Å². The molecule has 0 aliphatic rings. The van der Waals surface area contributed by atoms with Gasteiger partial charge in [0.1, 0.15) is 5.82 Å². The predicted octanol–water partition coefficient (Wildman–Crippen LogP) is 1.74. The van der Waals surface area contributed by atoms with Gasteiger partial charge in [-0.05, 0) is 24.3 Å². The number of hydrazine groups is 1. The number of aryl methyl sites for hydroxylation is 1. The van der Waals surface area contributed by atoms with Crippen LogP contribution in [0.4, 0.5) is 0 Å². The van der Waals surface area contributed by atoms with E-state index in [1.54, 1.807) is 19.2 Å². The monoisotopic (exact) mass is 382 g/mol. The fourth-order valence-electron chi connectivity index (χ4n) is 2.73. The standard InChI is InChI=1S/C20H22N4O4/c1-24-15-8-4-3-7-14(15)21-18(24)13-20(26)23-22-19(25)11-12-28-17-10-6-5-9-16(17)27-2/h3-10H,11-13H2,1-2H3,(H,22,25)(H,23,26). The van der Waals surface area contributed by atoms with E-state index in [0.29, 0.717) is 17.3 Å². The van der Waals surface area contributed by atoms with Crippen molar-refractivity contribution in [3.8, 4) is 11.5 Å². The fourth-order valence-corrected chi connectivity index (χ4v) is 2.73. The molecule has 146 valence electrons. The third kappa shape index (κ3) is 4.59. The van der Waals surface area contributed by atoms with Gasteiger partial charge in [0.15, 0.2) is 11.5 Å². The summed E-state index contributed by atoms with van der Waals surface area (Å²) in [6.45, 7) is 0.160. The molecule has 0 saturated heterocycles. The molecule has 0 radical (unpaired) electrons. The van der Waals surface area contributed by atoms with Gasteiger partial charge >= 0.3 is 0 Å². The van der Waals surface area contributed by atoms with Crippen LogP contribution in [0.1, 0.15) is 12.2 Å². The van der Waals surface area contributed by atoms with Crippen LogP contribution in [0.15, 0.2) is 48.5 Å². The summed E-state index contributed by atoms with van der Waals surface area (Å²) in [5.74, 6) is 1.07. The second-order valence-corrected chi connectivity index (χ2v) is 6.10. The molecule has 0 unspecified atom stereocenters. The Labute approximate surface area is 162 Å². The molecule has 8 heteroatoms. The quantitative estimate of drug-likeness (QED) is 0.607. The van der Waals surface area contributed by atoms with Gasteiger partial charge in [-0.1, -0.05) is 24.3 Å². The predicted molar refractivity (Wildman–Crippen MR) is 104 cm³/mol. The molecule has 0 atom stereocenters. The maximum atomic E-state index is 12.1. The summed E-state index contributed by atoms with van der Waals surface area (Å²) in [6.07, 6.45) is 0.147. The van der Waals surface area contributed by atoms with E-state index in [4.69, 9.17) is 9.47 Å². The highest BCUT2D eigenvalue weighted by molar-refractivity contribution is 5.84. The first kappa shape index (κ1) is 19.2. The van der Waals surface area contributed by atoms with Crippen LogP contribution < -0.4 is 20.3 Å². The first-order valence-electron chi connectivity index (χ1n) is 8.82. The fraction of sp³-hybridized carbons (Fsp3) is 0.250. The van der Waals surface area contributed by atoms with Crippen LogP contribution in [0, 0.1) is 0 Å². The highest BCUT2D eigenvalue weighted by atomic mass is 16.5. The maximum Gasteiger partial charge on any atom is 0.245 e. The normalized spacial score (nSPS) is 10.5. The number of carbonyl (C=O) groups excluding carboxylic acids is 2. The zero-order valence-corrected chi connectivity index (χ0v) is 15.8. The number of hydrogen-bond donors (Lipinski definition) is 2. The first-order chi connectivity index (χ1) is 13.6. The van der Waals surface area contributed by atoms with Gasteiger partial charge in [0.2, 0.25) is 11.8 Å². The highest BCUT2D eigenvalue weighted by Crippen LogP contribution is 2.25. The van der Waals surface area contributed by atoms with Crippen LogP contribution in [0.5, 0.6) is 11.5 Å². The van der Waals surface area contributed by atoms with E-state index in [1.165, 1.54) is 0 Å². The van der Waals surface area contributed by atoms with E-state index >= 15 is 0 Å². The molecule has 0 aliphatic heterocycles. The molecular formula is C20H22N4O4. The van der Waals surface area contributed by atoms with Gasteiger partial charge in [0.05, 0.1) is 37.6 Å². The lowest BCUT2D eigenvalue weighted by molar-refractivity contribution is -0.128. The van der Waals surface area contributed by atoms with Crippen LogP contribution in [0.3, 0.4) is 0 Å². The number of hydrogen-bond acceptors (Lipinski definition) is 5. The summed E-state index contributed by atoms with van der Waals surface area (Å²) in [4.78, 5) is 28.4. The molecule has 0 aliphatic carbocycles. The average Bonchev–Trinajstić information content (AvgIpc) is 3.02. The topological polar surface area (TPSA) is 94.5 Å². The van der Waals surface area contributed by atoms with Crippen molar-refractivity contribution in [2.75, 3.05) is 13.7 Å². The van der Waals surface area contributed by atoms with Crippen molar-refractivity contribution in [3.05, 3.63) is 54.4 Å². The van der Waals surface area contributed by atoms with Crippen LogP contribution in [-0.2, 0) is 23.1 Å². The molecule has 3 rings (SSSR count). The zero-order valence-electron chi connectivity index (χ0n) is 15.8. The minimum Gasteiger partial charge on any atom is -0.493 e. The average molecular weight is 382 g/mol. The number of carbonyl (C=O) groups is 2. The summed E-state index contributed by atoms with van der Waals surface area (Å²) < 4.78 is 12.6. The number of ether oxygens (including phenoxy) is 2. The summed E-state index contributed by atoms with van der Waals surface area (Å²) in [7, 11) is 3.40. The van der Waals surface area contributed by atoms with Crippen molar-refractivity contribution in [1.82, 2.24) is 20.4 Å². The van der Waals surface area contributed by atoms with Crippen LogP contribution in [0.2, 0.25) is 0 Å². The molecule has 28 heavy (non-hydrogen) atoms. The third-order valence-corrected chi connectivity index (χ3v) is 4.20. The number of methoxy groups -OCH3 is 1. The lowest BCUT2D eigenvalue weighted by Crippen LogP contribution is -2.43. The third-order valence-electron chi connectivity index (χ3n) is 4.20. The molecule has 1 aromatic heterocycles. The van der Waals surface area contributed by atoms with E-state index in [2.05, 4.69) is 15.8 Å². The largest absolute Gasteiger partial charge is 0.493 e. The Hall–Kier alpha value is -3.55. The number of benzene rings is 2. The SMILES string of the molecule is COc1ccccc1OCCC(=O)NNC(=O)Cc1nc2ccccc2n1C. The van der Waals surface area contributed by atoms with Gasteiger partial charge in [0, 0.05) is 7.05 Å². The first-order valence-corrected chi connectivity index (χ1v) is 8.82. The van der Waals surface area contributed by atoms with E-state index in [-0.39, 0.29) is 31.3 Å². The molecule has 0 saturated carbocycles. The van der Waals surface area contributed by atoms with Crippen LogP contribution in [0.25, 0.3) is 11.0 Å². The summed E-state index contributed by atoms with van der Waals surface area (Å²) in [5.41, 5.74) is 6.56. The molecule has 3 aromatic rings. The van der Waals surface area contributed by atoms with Crippen molar-refractivity contribution in [1.29, 1.82) is 0 Å². The van der Waals surface area contributed by atoms with Gasteiger partial charge in [-0.3, -0.25) is 20.4 Å². The number of nitrogens with zero attached hydrogens (tertiary/aromatic N) is 2. The van der Waals surface area contributed by atoms with E-state index in [9.17, 15) is 9.59 Å². The van der Waals surface area contributed by atoms with E-state index in [0.717, 1.165) is 11.0 Å². The Morgan fingerprint density at radius 3 is 2.43 bits per heavy atom. The molecule has 2 N–H and O–H groups in total. The number of fused-ring (bicyclic) bond motifs is 1. The Morgan fingerprint density at radius 1 is 1.00 bits per heavy atom. The van der Waals surface area contributed by atoms with Gasteiger partial charge < -0.3 is 14.0 Å². The molecule has 0 fully saturated rings. The minimum atomic E-state index is -0.353. The van der Waals surface area contributed by atoms with Crippen molar-refractivity contribution >= 4 is 22.8 Å². The van der Waals surface area contributed by atoms with Gasteiger partial charge in [-0.15, -0.1) is 0 Å². The second-order valence-electron chi connectivity index (χ2n) is 6.10. The molecule has 8 nitrogen and oxygen atoms in total. The number of rotatable bonds is 7. The second kappa shape index (κ2) is 8.90.